The molecule has 0 heterocycles. The number of hydrogen-bond acceptors (Lipinski definition) is 5. The molecule has 26 heavy (non-hydrogen) atoms. The Morgan fingerprint density at radius 2 is 1.85 bits per heavy atom. The minimum Gasteiger partial charge on any atom is -0.493 e. The van der Waals surface area contributed by atoms with Crippen molar-refractivity contribution in [1.82, 2.24) is 5.32 Å². The van der Waals surface area contributed by atoms with Gasteiger partial charge in [-0.05, 0) is 39.3 Å². The second-order valence-electron chi connectivity index (χ2n) is 6.24. The van der Waals surface area contributed by atoms with Crippen LogP contribution in [0, 0.1) is 0 Å². The summed E-state index contributed by atoms with van der Waals surface area (Å²) in [5.41, 5.74) is 6.09. The Morgan fingerprint density at radius 3 is 2.42 bits per heavy atom. The van der Waals surface area contributed by atoms with Crippen molar-refractivity contribution in [2.45, 2.75) is 32.8 Å². The number of nitrogens with zero attached hydrogens (tertiary/aromatic N) is 1. The van der Waals surface area contributed by atoms with E-state index in [1.165, 1.54) is 0 Å². The zero-order valence-electron chi connectivity index (χ0n) is 15.9. The van der Waals surface area contributed by atoms with Gasteiger partial charge in [-0.3, -0.25) is 4.99 Å². The van der Waals surface area contributed by atoms with Crippen LogP contribution in [0.15, 0.2) is 23.2 Å². The van der Waals surface area contributed by atoms with Crippen molar-refractivity contribution in [2.24, 2.45) is 10.7 Å². The number of halogens is 1. The summed E-state index contributed by atoms with van der Waals surface area (Å²) in [7, 11) is 3.14. The van der Waals surface area contributed by atoms with E-state index < -0.39 is 11.7 Å². The first kappa shape index (κ1) is 24.1. The fourth-order valence-corrected chi connectivity index (χ4v) is 1.88. The molecule has 8 nitrogen and oxygen atoms in total. The summed E-state index contributed by atoms with van der Waals surface area (Å²) >= 11 is 0. The molecule has 1 amide bonds. The van der Waals surface area contributed by atoms with Crippen LogP contribution < -0.4 is 25.8 Å². The van der Waals surface area contributed by atoms with Crippen LogP contribution in [-0.2, 0) is 4.74 Å². The number of aliphatic imine (C=N–C) groups is 1. The van der Waals surface area contributed by atoms with Gasteiger partial charge in [0.1, 0.15) is 5.60 Å². The van der Waals surface area contributed by atoms with Gasteiger partial charge < -0.3 is 30.6 Å². The Balaban J connectivity index is 0.00000625. The Morgan fingerprint density at radius 1 is 1.19 bits per heavy atom. The van der Waals surface area contributed by atoms with Crippen molar-refractivity contribution in [2.75, 3.05) is 32.6 Å². The third-order valence-corrected chi connectivity index (χ3v) is 2.94. The molecule has 0 radical (unpaired) electrons. The molecule has 0 aliphatic rings. The molecule has 0 fully saturated rings. The minimum absolute atomic E-state index is 0. The maximum absolute atomic E-state index is 11.5. The van der Waals surface area contributed by atoms with E-state index in [4.69, 9.17) is 19.9 Å². The number of anilines is 1. The molecule has 1 aromatic carbocycles. The van der Waals surface area contributed by atoms with Crippen molar-refractivity contribution < 1.29 is 19.0 Å². The highest BCUT2D eigenvalue weighted by molar-refractivity contribution is 14.0. The highest BCUT2D eigenvalue weighted by Gasteiger charge is 2.15. The average Bonchev–Trinajstić information content (AvgIpc) is 2.52. The van der Waals surface area contributed by atoms with Gasteiger partial charge in [0, 0.05) is 24.8 Å². The summed E-state index contributed by atoms with van der Waals surface area (Å²) in [5, 5.41) is 5.65. The van der Waals surface area contributed by atoms with E-state index in [9.17, 15) is 4.79 Å². The predicted molar refractivity (Wildman–Crippen MR) is 114 cm³/mol. The molecule has 0 saturated heterocycles. The number of rotatable bonds is 7. The zero-order chi connectivity index (χ0) is 18.9. The van der Waals surface area contributed by atoms with Crippen LogP contribution in [0.25, 0.3) is 0 Å². The number of ether oxygens (including phenoxy) is 3. The van der Waals surface area contributed by atoms with E-state index >= 15 is 0 Å². The lowest BCUT2D eigenvalue weighted by Gasteiger charge is -2.19. The topological polar surface area (TPSA) is 107 Å². The van der Waals surface area contributed by atoms with E-state index in [-0.39, 0.29) is 29.9 Å². The number of amides is 1. The normalized spacial score (nSPS) is 11.2. The van der Waals surface area contributed by atoms with Crippen LogP contribution in [0.2, 0.25) is 0 Å². The fraction of sp³-hybridized carbons (Fsp3) is 0.529. The van der Waals surface area contributed by atoms with Gasteiger partial charge in [-0.15, -0.1) is 24.0 Å². The van der Waals surface area contributed by atoms with E-state index in [1.807, 2.05) is 26.8 Å². The van der Waals surface area contributed by atoms with E-state index in [0.717, 1.165) is 5.69 Å². The number of hydrogen-bond donors (Lipinski definition) is 3. The lowest BCUT2D eigenvalue weighted by atomic mass is 10.2. The number of alkyl carbamates (subject to hydrolysis) is 1. The van der Waals surface area contributed by atoms with Crippen molar-refractivity contribution in [3.8, 4) is 11.5 Å². The first-order chi connectivity index (χ1) is 11.7. The molecule has 148 valence electrons. The average molecular weight is 480 g/mol. The van der Waals surface area contributed by atoms with Crippen molar-refractivity contribution >= 4 is 41.7 Å². The molecule has 9 heteroatoms. The number of guanidine groups is 1. The highest BCUT2D eigenvalue weighted by Crippen LogP contribution is 2.29. The Kier molecular flexibility index (Phi) is 10.8. The van der Waals surface area contributed by atoms with Crippen molar-refractivity contribution in [1.29, 1.82) is 0 Å². The van der Waals surface area contributed by atoms with Crippen LogP contribution in [0.3, 0.4) is 0 Å². The second-order valence-corrected chi connectivity index (χ2v) is 6.24. The maximum atomic E-state index is 11.5. The lowest BCUT2D eigenvalue weighted by Crippen LogP contribution is -2.33. The van der Waals surface area contributed by atoms with Gasteiger partial charge in [0.15, 0.2) is 17.5 Å². The number of methoxy groups -OCH3 is 2. The van der Waals surface area contributed by atoms with Crippen molar-refractivity contribution in [3.05, 3.63) is 18.2 Å². The molecule has 0 aromatic heterocycles. The highest BCUT2D eigenvalue weighted by atomic mass is 127. The summed E-state index contributed by atoms with van der Waals surface area (Å²) in [6, 6.07) is 5.36. The second kappa shape index (κ2) is 11.7. The number of carbonyl (C=O) groups excluding carboxylic acids is 1. The molecule has 1 aromatic rings. The third-order valence-electron chi connectivity index (χ3n) is 2.94. The van der Waals surface area contributed by atoms with Crippen LogP contribution in [-0.4, -0.2) is 45.0 Å². The van der Waals surface area contributed by atoms with Crippen LogP contribution >= 0.6 is 24.0 Å². The Labute approximate surface area is 171 Å². The molecule has 0 aliphatic carbocycles. The number of nitrogens with one attached hydrogen (secondary N) is 2. The molecule has 0 spiro atoms. The van der Waals surface area contributed by atoms with E-state index in [0.29, 0.717) is 31.0 Å². The van der Waals surface area contributed by atoms with Crippen LogP contribution in [0.5, 0.6) is 11.5 Å². The number of benzene rings is 1. The van der Waals surface area contributed by atoms with Gasteiger partial charge in [0.25, 0.3) is 0 Å². The molecular weight excluding hydrogens is 451 g/mol. The largest absolute Gasteiger partial charge is 0.493 e. The van der Waals surface area contributed by atoms with Gasteiger partial charge in [-0.1, -0.05) is 0 Å². The predicted octanol–water partition coefficient (Wildman–Crippen LogP) is 2.96. The Bertz CT molecular complexity index is 603. The molecule has 4 N–H and O–H groups in total. The number of nitrogens with two attached hydrogens (primary N) is 1. The zero-order valence-corrected chi connectivity index (χ0v) is 18.2. The smallest absolute Gasteiger partial charge is 0.407 e. The molecule has 0 aliphatic heterocycles. The first-order valence-electron chi connectivity index (χ1n) is 8.01. The summed E-state index contributed by atoms with van der Waals surface area (Å²) in [6.07, 6.45) is 0.209. The molecule has 0 bridgehead atoms. The number of carbonyl (C=O) groups is 1. The first-order valence-corrected chi connectivity index (χ1v) is 8.01. The monoisotopic (exact) mass is 480 g/mol. The van der Waals surface area contributed by atoms with Gasteiger partial charge in [0.05, 0.1) is 14.2 Å². The summed E-state index contributed by atoms with van der Waals surface area (Å²) in [5.74, 6) is 1.52. The molecule has 0 unspecified atom stereocenters. The van der Waals surface area contributed by atoms with Gasteiger partial charge >= 0.3 is 6.09 Å². The van der Waals surface area contributed by atoms with Gasteiger partial charge in [-0.25, -0.2) is 4.79 Å². The molecule has 0 atom stereocenters. The Hall–Kier alpha value is -1.91. The standard InChI is InChI=1S/C17H28N4O4.HI/c1-17(2,3)25-16(22)20-10-6-9-19-15(18)21-12-7-8-13(23-4)14(11-12)24-5;/h7-8,11H,6,9-10H2,1-5H3,(H,20,22)(H3,18,19,21);1H. The minimum atomic E-state index is -0.504. The summed E-state index contributed by atoms with van der Waals surface area (Å²) in [6.45, 7) is 6.39. The fourth-order valence-electron chi connectivity index (χ4n) is 1.88. The maximum Gasteiger partial charge on any atom is 0.407 e. The lowest BCUT2D eigenvalue weighted by molar-refractivity contribution is 0.0527. The summed E-state index contributed by atoms with van der Waals surface area (Å²) in [4.78, 5) is 15.7. The molecular formula is C17H29IN4O4. The third kappa shape index (κ3) is 9.54. The van der Waals surface area contributed by atoms with Gasteiger partial charge in [-0.2, -0.15) is 0 Å². The SMILES string of the molecule is COc1ccc(NC(N)=NCCCNC(=O)OC(C)(C)C)cc1OC.I. The summed E-state index contributed by atoms with van der Waals surface area (Å²) < 4.78 is 15.5. The van der Waals surface area contributed by atoms with Crippen molar-refractivity contribution in [3.63, 3.8) is 0 Å². The van der Waals surface area contributed by atoms with E-state index in [1.54, 1.807) is 26.4 Å². The molecule has 1 rings (SSSR count). The quantitative estimate of drug-likeness (QED) is 0.240. The van der Waals surface area contributed by atoms with Gasteiger partial charge in [0.2, 0.25) is 0 Å². The van der Waals surface area contributed by atoms with Crippen LogP contribution in [0.4, 0.5) is 10.5 Å². The molecule has 0 saturated carbocycles. The van der Waals surface area contributed by atoms with Crippen LogP contribution in [0.1, 0.15) is 27.2 Å². The van der Waals surface area contributed by atoms with E-state index in [2.05, 4.69) is 15.6 Å².